The first-order valence-corrected chi connectivity index (χ1v) is 9.59. The van der Waals surface area contributed by atoms with E-state index in [4.69, 9.17) is 14.5 Å². The summed E-state index contributed by atoms with van der Waals surface area (Å²) in [6.07, 6.45) is 5.09. The third kappa shape index (κ3) is 3.54. The van der Waals surface area contributed by atoms with Gasteiger partial charge in [0.05, 0.1) is 25.8 Å². The van der Waals surface area contributed by atoms with Crippen molar-refractivity contribution in [2.24, 2.45) is 7.05 Å². The summed E-state index contributed by atoms with van der Waals surface area (Å²) in [5.41, 5.74) is 2.01. The molecule has 4 rings (SSSR count). The molecule has 8 nitrogen and oxygen atoms in total. The van der Waals surface area contributed by atoms with Crippen LogP contribution in [0.2, 0.25) is 0 Å². The second kappa shape index (κ2) is 7.92. The van der Waals surface area contributed by atoms with E-state index in [2.05, 4.69) is 20.3 Å². The first-order chi connectivity index (χ1) is 13.7. The van der Waals surface area contributed by atoms with Crippen LogP contribution in [0.1, 0.15) is 18.4 Å². The molecule has 0 aliphatic carbocycles. The van der Waals surface area contributed by atoms with Crippen LogP contribution in [-0.4, -0.2) is 53.6 Å². The van der Waals surface area contributed by atoms with Crippen molar-refractivity contribution < 1.29 is 9.47 Å². The van der Waals surface area contributed by atoms with Gasteiger partial charge in [-0.2, -0.15) is 15.1 Å². The van der Waals surface area contributed by atoms with Crippen molar-refractivity contribution in [3.8, 4) is 11.5 Å². The number of nitrogens with one attached hydrogen (secondary N) is 1. The highest BCUT2D eigenvalue weighted by atomic mass is 16.5. The molecule has 1 saturated heterocycles. The molecule has 0 amide bonds. The lowest BCUT2D eigenvalue weighted by Gasteiger charge is -2.18. The lowest BCUT2D eigenvalue weighted by Crippen LogP contribution is -2.20. The topological polar surface area (TPSA) is 77.3 Å². The first-order valence-electron chi connectivity index (χ1n) is 9.59. The van der Waals surface area contributed by atoms with Gasteiger partial charge in [0.25, 0.3) is 0 Å². The molecule has 0 spiro atoms. The third-order valence-electron chi connectivity index (χ3n) is 5.12. The number of methoxy groups -OCH3 is 2. The average Bonchev–Trinajstić information content (AvgIpc) is 3.38. The number of aryl methyl sites for hydroxylation is 1. The SMILES string of the molecule is COc1ccc(CCNc2nc(N3CCCC3)c3cnn(C)c3n2)cc1OC. The van der Waals surface area contributed by atoms with Gasteiger partial charge in [0, 0.05) is 26.7 Å². The minimum Gasteiger partial charge on any atom is -0.493 e. The van der Waals surface area contributed by atoms with E-state index in [-0.39, 0.29) is 0 Å². The van der Waals surface area contributed by atoms with Gasteiger partial charge in [-0.05, 0) is 37.0 Å². The van der Waals surface area contributed by atoms with Gasteiger partial charge >= 0.3 is 0 Å². The summed E-state index contributed by atoms with van der Waals surface area (Å²) >= 11 is 0. The van der Waals surface area contributed by atoms with Crippen LogP contribution >= 0.6 is 0 Å². The molecular weight excluding hydrogens is 356 g/mol. The number of aromatic nitrogens is 4. The minimum atomic E-state index is 0.637. The molecule has 8 heteroatoms. The molecule has 1 aliphatic heterocycles. The maximum absolute atomic E-state index is 5.38. The van der Waals surface area contributed by atoms with Crippen molar-refractivity contribution in [1.82, 2.24) is 19.7 Å². The standard InChI is InChI=1S/C20H26N6O2/c1-25-18-15(13-22-25)19(26-10-4-5-11-26)24-20(23-18)21-9-8-14-6-7-16(27-2)17(12-14)28-3/h6-7,12-13H,4-5,8-11H2,1-3H3,(H,21,23,24). The summed E-state index contributed by atoms with van der Waals surface area (Å²) in [5, 5.41) is 8.75. The number of ether oxygens (including phenoxy) is 2. The lowest BCUT2D eigenvalue weighted by molar-refractivity contribution is 0.354. The van der Waals surface area contributed by atoms with Crippen LogP contribution in [0.25, 0.3) is 11.0 Å². The quantitative estimate of drug-likeness (QED) is 0.673. The van der Waals surface area contributed by atoms with Crippen LogP contribution in [0.3, 0.4) is 0 Å². The van der Waals surface area contributed by atoms with Crippen molar-refractivity contribution in [2.45, 2.75) is 19.3 Å². The predicted molar refractivity (Wildman–Crippen MR) is 109 cm³/mol. The molecule has 0 unspecified atom stereocenters. The molecular formula is C20H26N6O2. The molecule has 148 valence electrons. The summed E-state index contributed by atoms with van der Waals surface area (Å²) in [6.45, 7) is 2.79. The Bertz CT molecular complexity index is 965. The third-order valence-corrected chi connectivity index (χ3v) is 5.12. The van der Waals surface area contributed by atoms with Crippen LogP contribution in [0.5, 0.6) is 11.5 Å². The van der Waals surface area contributed by atoms with Gasteiger partial charge in [-0.3, -0.25) is 4.68 Å². The first kappa shape index (κ1) is 18.3. The molecule has 28 heavy (non-hydrogen) atoms. The molecule has 0 atom stereocenters. The number of fused-ring (bicyclic) bond motifs is 1. The van der Waals surface area contributed by atoms with Gasteiger partial charge in [-0.15, -0.1) is 0 Å². The largest absolute Gasteiger partial charge is 0.493 e. The van der Waals surface area contributed by atoms with E-state index in [1.165, 1.54) is 12.8 Å². The fourth-order valence-corrected chi connectivity index (χ4v) is 3.61. The van der Waals surface area contributed by atoms with Gasteiger partial charge in [-0.25, -0.2) is 0 Å². The summed E-state index contributed by atoms with van der Waals surface area (Å²) in [6, 6.07) is 5.98. The maximum Gasteiger partial charge on any atom is 0.226 e. The van der Waals surface area contributed by atoms with Crippen LogP contribution in [0.15, 0.2) is 24.4 Å². The molecule has 2 aromatic heterocycles. The van der Waals surface area contributed by atoms with E-state index in [0.29, 0.717) is 5.95 Å². The van der Waals surface area contributed by atoms with Crippen molar-refractivity contribution in [1.29, 1.82) is 0 Å². The zero-order chi connectivity index (χ0) is 19.5. The highest BCUT2D eigenvalue weighted by molar-refractivity contribution is 5.88. The highest BCUT2D eigenvalue weighted by Crippen LogP contribution is 2.29. The number of nitrogens with zero attached hydrogens (tertiary/aromatic N) is 5. The zero-order valence-corrected chi connectivity index (χ0v) is 16.6. The second-order valence-corrected chi connectivity index (χ2v) is 6.94. The second-order valence-electron chi connectivity index (χ2n) is 6.94. The van der Waals surface area contributed by atoms with Crippen LogP contribution in [0.4, 0.5) is 11.8 Å². The predicted octanol–water partition coefficient (Wildman–Crippen LogP) is 2.64. The molecule has 0 saturated carbocycles. The highest BCUT2D eigenvalue weighted by Gasteiger charge is 2.20. The summed E-state index contributed by atoms with van der Waals surface area (Å²) in [5.74, 6) is 3.09. The maximum atomic E-state index is 5.38. The van der Waals surface area contributed by atoms with Crippen LogP contribution in [-0.2, 0) is 13.5 Å². The monoisotopic (exact) mass is 382 g/mol. The van der Waals surface area contributed by atoms with Crippen molar-refractivity contribution in [2.75, 3.05) is 44.1 Å². The Morgan fingerprint density at radius 3 is 2.61 bits per heavy atom. The summed E-state index contributed by atoms with van der Waals surface area (Å²) < 4.78 is 12.5. The van der Waals surface area contributed by atoms with Gasteiger partial charge in [-0.1, -0.05) is 6.07 Å². The molecule has 1 aromatic carbocycles. The lowest BCUT2D eigenvalue weighted by atomic mass is 10.1. The summed E-state index contributed by atoms with van der Waals surface area (Å²) in [4.78, 5) is 11.8. The zero-order valence-electron chi connectivity index (χ0n) is 16.6. The normalized spacial score (nSPS) is 13.9. The Balaban J connectivity index is 1.51. The average molecular weight is 382 g/mol. The van der Waals surface area contributed by atoms with Crippen LogP contribution in [0, 0.1) is 0 Å². The Kier molecular flexibility index (Phi) is 5.18. The van der Waals surface area contributed by atoms with Crippen molar-refractivity contribution >= 4 is 22.8 Å². The summed E-state index contributed by atoms with van der Waals surface area (Å²) in [7, 11) is 5.20. The van der Waals surface area contributed by atoms with E-state index < -0.39 is 0 Å². The Morgan fingerprint density at radius 1 is 1.07 bits per heavy atom. The number of hydrogen-bond acceptors (Lipinski definition) is 7. The number of hydrogen-bond donors (Lipinski definition) is 1. The van der Waals surface area contributed by atoms with Gasteiger partial charge in [0.15, 0.2) is 17.1 Å². The Labute approximate surface area is 164 Å². The molecule has 3 heterocycles. The Morgan fingerprint density at radius 2 is 1.86 bits per heavy atom. The minimum absolute atomic E-state index is 0.637. The molecule has 1 N–H and O–H groups in total. The van der Waals surface area contributed by atoms with E-state index >= 15 is 0 Å². The number of rotatable bonds is 7. The number of benzene rings is 1. The van der Waals surface area contributed by atoms with Crippen LogP contribution < -0.4 is 19.7 Å². The number of anilines is 2. The Hall–Kier alpha value is -3.03. The molecule has 0 radical (unpaired) electrons. The molecule has 1 aliphatic rings. The van der Waals surface area contributed by atoms with E-state index in [1.54, 1.807) is 18.9 Å². The van der Waals surface area contributed by atoms with Crippen molar-refractivity contribution in [3.05, 3.63) is 30.0 Å². The van der Waals surface area contributed by atoms with E-state index in [1.807, 2.05) is 31.4 Å². The van der Waals surface area contributed by atoms with E-state index in [0.717, 1.165) is 60.0 Å². The fourth-order valence-electron chi connectivity index (χ4n) is 3.61. The van der Waals surface area contributed by atoms with E-state index in [9.17, 15) is 0 Å². The molecule has 3 aromatic rings. The fraction of sp³-hybridized carbons (Fsp3) is 0.450. The van der Waals surface area contributed by atoms with Crippen molar-refractivity contribution in [3.63, 3.8) is 0 Å². The smallest absolute Gasteiger partial charge is 0.226 e. The molecule has 0 bridgehead atoms. The molecule has 1 fully saturated rings. The van der Waals surface area contributed by atoms with Gasteiger partial charge in [0.2, 0.25) is 5.95 Å². The van der Waals surface area contributed by atoms with Gasteiger partial charge in [0.1, 0.15) is 5.82 Å². The van der Waals surface area contributed by atoms with Gasteiger partial charge < -0.3 is 19.7 Å².